The first kappa shape index (κ1) is 21.3. The molecule has 10 nitrogen and oxygen atoms in total. The molecule has 0 aliphatic carbocycles. The summed E-state index contributed by atoms with van der Waals surface area (Å²) >= 11 is 0. The van der Waals surface area contributed by atoms with Crippen molar-refractivity contribution in [2.45, 2.75) is 57.5 Å². The summed E-state index contributed by atoms with van der Waals surface area (Å²) in [6.45, 7) is 2.89. The first-order valence-electron chi connectivity index (χ1n) is 8.08. The quantitative estimate of drug-likeness (QED) is 0.443. The van der Waals surface area contributed by atoms with Crippen LogP contribution in [-0.4, -0.2) is 57.1 Å². The van der Waals surface area contributed by atoms with Crippen LogP contribution in [0.25, 0.3) is 0 Å². The summed E-state index contributed by atoms with van der Waals surface area (Å²) in [5.41, 5.74) is -0.963. The van der Waals surface area contributed by atoms with E-state index in [1.807, 2.05) is 0 Å². The van der Waals surface area contributed by atoms with Crippen LogP contribution in [0.3, 0.4) is 0 Å². The number of amides is 2. The number of carbonyl (C=O) groups excluding carboxylic acids is 4. The molecule has 0 radical (unpaired) electrons. The van der Waals surface area contributed by atoms with E-state index in [0.29, 0.717) is 25.7 Å². The van der Waals surface area contributed by atoms with Gasteiger partial charge >= 0.3 is 11.9 Å². The molecule has 3 unspecified atom stereocenters. The highest BCUT2D eigenvalue weighted by molar-refractivity contribution is 6.04. The Balaban J connectivity index is 0.000000260. The zero-order valence-electron chi connectivity index (χ0n) is 14.5. The Bertz CT molecular complexity index is 642. The maximum atomic E-state index is 11.3. The highest BCUT2D eigenvalue weighted by Crippen LogP contribution is 2.21. The first-order chi connectivity index (χ1) is 12.0. The topological polar surface area (TPSA) is 167 Å². The molecule has 2 saturated heterocycles. The Labute approximate surface area is 149 Å². The Hall–Kier alpha value is -2.78. The smallest absolute Gasteiger partial charge is 0.313 e. The standard InChI is InChI=1S/2C8H11NO4/c1-8(3-2-6(11)9-8)5(10)4-7(12)13;1-4(8(12)13)7(11)5-2-3-6(10)9-5/h2-4H2,1H3,(H,9,11)(H,12,13);4-5H,2-3H2,1H3,(H,9,10)(H,12,13). The van der Waals surface area contributed by atoms with E-state index in [4.69, 9.17) is 10.2 Å². The van der Waals surface area contributed by atoms with E-state index in [0.717, 1.165) is 0 Å². The van der Waals surface area contributed by atoms with E-state index in [2.05, 4.69) is 10.6 Å². The van der Waals surface area contributed by atoms with Gasteiger partial charge in [0.15, 0.2) is 11.6 Å². The van der Waals surface area contributed by atoms with Crippen LogP contribution in [0, 0.1) is 5.92 Å². The van der Waals surface area contributed by atoms with Gasteiger partial charge < -0.3 is 20.8 Å². The number of carboxylic acid groups (broad SMARTS) is 2. The monoisotopic (exact) mass is 370 g/mol. The molecule has 2 amide bonds. The number of nitrogens with one attached hydrogen (secondary N) is 2. The molecule has 0 saturated carbocycles. The largest absolute Gasteiger partial charge is 0.481 e. The number of hydrogen-bond acceptors (Lipinski definition) is 6. The molecule has 2 aliphatic heterocycles. The zero-order chi connectivity index (χ0) is 20.1. The fourth-order valence-corrected chi connectivity index (χ4v) is 2.59. The molecule has 2 aliphatic rings. The van der Waals surface area contributed by atoms with Crippen LogP contribution < -0.4 is 10.6 Å². The summed E-state index contributed by atoms with van der Waals surface area (Å²) in [6.07, 6.45) is 0.870. The molecule has 4 N–H and O–H groups in total. The maximum absolute atomic E-state index is 11.3. The molecular weight excluding hydrogens is 348 g/mol. The number of Topliss-reactive ketones (excluding diaryl/α,β-unsaturated/α-hetero) is 2. The predicted molar refractivity (Wildman–Crippen MR) is 86.0 cm³/mol. The first-order valence-corrected chi connectivity index (χ1v) is 8.08. The van der Waals surface area contributed by atoms with E-state index in [1.54, 1.807) is 6.92 Å². The number of carbonyl (C=O) groups is 6. The number of hydrogen-bond donors (Lipinski definition) is 4. The normalized spacial score (nSPS) is 25.4. The molecule has 26 heavy (non-hydrogen) atoms. The van der Waals surface area contributed by atoms with Gasteiger partial charge in [0.25, 0.3) is 0 Å². The summed E-state index contributed by atoms with van der Waals surface area (Å²) in [5, 5.41) is 21.9. The maximum Gasteiger partial charge on any atom is 0.313 e. The van der Waals surface area contributed by atoms with E-state index < -0.39 is 47.4 Å². The van der Waals surface area contributed by atoms with E-state index in [-0.39, 0.29) is 11.8 Å². The van der Waals surface area contributed by atoms with Crippen LogP contribution in [0.15, 0.2) is 0 Å². The molecule has 0 spiro atoms. The molecule has 2 rings (SSSR count). The number of carboxylic acids is 2. The molecule has 3 atom stereocenters. The molecule has 2 fully saturated rings. The molecule has 10 heteroatoms. The summed E-state index contributed by atoms with van der Waals surface area (Å²) in [6, 6.07) is -0.599. The summed E-state index contributed by atoms with van der Waals surface area (Å²) in [7, 11) is 0. The van der Waals surface area contributed by atoms with Gasteiger partial charge in [-0.05, 0) is 26.7 Å². The third kappa shape index (κ3) is 5.64. The highest BCUT2D eigenvalue weighted by atomic mass is 16.4. The van der Waals surface area contributed by atoms with Gasteiger partial charge in [-0.3, -0.25) is 28.8 Å². The van der Waals surface area contributed by atoms with Crippen LogP contribution >= 0.6 is 0 Å². The third-order valence-electron chi connectivity index (χ3n) is 4.33. The molecule has 144 valence electrons. The Kier molecular flexibility index (Phi) is 6.99. The predicted octanol–water partition coefficient (Wildman–Crippen LogP) is -0.746. The zero-order valence-corrected chi connectivity index (χ0v) is 14.5. The Morgan fingerprint density at radius 1 is 1.15 bits per heavy atom. The lowest BCUT2D eigenvalue weighted by Crippen LogP contribution is -2.46. The number of rotatable bonds is 6. The minimum Gasteiger partial charge on any atom is -0.481 e. The average Bonchev–Trinajstić information content (AvgIpc) is 3.12. The van der Waals surface area contributed by atoms with Gasteiger partial charge in [0.2, 0.25) is 11.8 Å². The van der Waals surface area contributed by atoms with E-state index >= 15 is 0 Å². The van der Waals surface area contributed by atoms with E-state index in [1.165, 1.54) is 6.92 Å². The fraction of sp³-hybridized carbons (Fsp3) is 0.625. The Morgan fingerprint density at radius 2 is 1.77 bits per heavy atom. The molecule has 2 heterocycles. The summed E-state index contributed by atoms with van der Waals surface area (Å²) in [4.78, 5) is 64.9. The summed E-state index contributed by atoms with van der Waals surface area (Å²) in [5.74, 6) is -4.58. The van der Waals surface area contributed by atoms with Gasteiger partial charge in [-0.15, -0.1) is 0 Å². The second-order valence-corrected chi connectivity index (χ2v) is 6.50. The van der Waals surface area contributed by atoms with Gasteiger partial charge in [0, 0.05) is 12.8 Å². The minimum atomic E-state index is -1.16. The van der Waals surface area contributed by atoms with Crippen molar-refractivity contribution < 1.29 is 39.0 Å². The average molecular weight is 370 g/mol. The van der Waals surface area contributed by atoms with Crippen molar-refractivity contribution in [2.75, 3.05) is 0 Å². The molecular formula is C16H22N2O8. The van der Waals surface area contributed by atoms with E-state index in [9.17, 15) is 28.8 Å². The van der Waals surface area contributed by atoms with Gasteiger partial charge in [-0.25, -0.2) is 0 Å². The van der Waals surface area contributed by atoms with Crippen LogP contribution in [0.2, 0.25) is 0 Å². The second-order valence-electron chi connectivity index (χ2n) is 6.50. The van der Waals surface area contributed by atoms with Crippen LogP contribution in [-0.2, 0) is 28.8 Å². The van der Waals surface area contributed by atoms with Crippen molar-refractivity contribution in [1.29, 1.82) is 0 Å². The van der Waals surface area contributed by atoms with Gasteiger partial charge in [0.1, 0.15) is 12.3 Å². The van der Waals surface area contributed by atoms with Crippen LogP contribution in [0.5, 0.6) is 0 Å². The van der Waals surface area contributed by atoms with Crippen molar-refractivity contribution >= 4 is 35.3 Å². The van der Waals surface area contributed by atoms with Crippen molar-refractivity contribution in [1.82, 2.24) is 10.6 Å². The molecule has 0 aromatic heterocycles. The minimum absolute atomic E-state index is 0.184. The van der Waals surface area contributed by atoms with Crippen molar-refractivity contribution in [3.8, 4) is 0 Å². The fourth-order valence-electron chi connectivity index (χ4n) is 2.59. The van der Waals surface area contributed by atoms with Crippen molar-refractivity contribution in [3.63, 3.8) is 0 Å². The van der Waals surface area contributed by atoms with Gasteiger partial charge in [-0.1, -0.05) is 0 Å². The van der Waals surface area contributed by atoms with Gasteiger partial charge in [0.05, 0.1) is 11.6 Å². The highest BCUT2D eigenvalue weighted by Gasteiger charge is 2.40. The SMILES string of the molecule is CC(C(=O)O)C(=O)C1CCC(=O)N1.CC1(C(=O)CC(=O)O)CCC(=O)N1. The van der Waals surface area contributed by atoms with Gasteiger partial charge in [-0.2, -0.15) is 0 Å². The lowest BCUT2D eigenvalue weighted by atomic mass is 9.93. The second kappa shape index (κ2) is 8.54. The van der Waals surface area contributed by atoms with Crippen LogP contribution in [0.4, 0.5) is 0 Å². The molecule has 0 bridgehead atoms. The molecule has 0 aromatic rings. The van der Waals surface area contributed by atoms with Crippen LogP contribution in [0.1, 0.15) is 46.0 Å². The molecule has 0 aromatic carbocycles. The lowest BCUT2D eigenvalue weighted by Gasteiger charge is -2.20. The number of ketones is 2. The Morgan fingerprint density at radius 3 is 2.15 bits per heavy atom. The summed E-state index contributed by atoms with van der Waals surface area (Å²) < 4.78 is 0. The third-order valence-corrected chi connectivity index (χ3v) is 4.33. The lowest BCUT2D eigenvalue weighted by molar-refractivity contribution is -0.146. The van der Waals surface area contributed by atoms with Crippen molar-refractivity contribution in [2.24, 2.45) is 5.92 Å². The van der Waals surface area contributed by atoms with Crippen molar-refractivity contribution in [3.05, 3.63) is 0 Å². The number of aliphatic carboxylic acids is 2.